The fourth-order valence-corrected chi connectivity index (χ4v) is 2.55. The molecular weight excluding hydrogens is 256 g/mol. The fraction of sp³-hybridized carbons (Fsp3) is 0.188. The minimum absolute atomic E-state index is 0.332. The summed E-state index contributed by atoms with van der Waals surface area (Å²) in [5.74, 6) is 0.993. The summed E-state index contributed by atoms with van der Waals surface area (Å²) in [6.45, 7) is 4.32. The molecule has 0 radical (unpaired) electrons. The van der Waals surface area contributed by atoms with Crippen molar-refractivity contribution in [1.29, 1.82) is 0 Å². The van der Waals surface area contributed by atoms with Crippen molar-refractivity contribution in [2.45, 2.75) is 19.9 Å². The Morgan fingerprint density at radius 2 is 1.79 bits per heavy atom. The van der Waals surface area contributed by atoms with Crippen molar-refractivity contribution in [1.82, 2.24) is 9.55 Å². The van der Waals surface area contributed by atoms with Gasteiger partial charge in [-0.25, -0.2) is 4.98 Å². The zero-order valence-electron chi connectivity index (χ0n) is 11.0. The summed E-state index contributed by atoms with van der Waals surface area (Å²) >= 11 is 6.11. The van der Waals surface area contributed by atoms with Crippen LogP contribution in [0.1, 0.15) is 19.9 Å². The van der Waals surface area contributed by atoms with Crippen LogP contribution in [-0.4, -0.2) is 9.55 Å². The summed E-state index contributed by atoms with van der Waals surface area (Å²) < 4.78 is 2.23. The average molecular weight is 271 g/mol. The summed E-state index contributed by atoms with van der Waals surface area (Å²) in [6.07, 6.45) is 0. The highest BCUT2D eigenvalue weighted by Crippen LogP contribution is 2.29. The summed E-state index contributed by atoms with van der Waals surface area (Å²) in [6, 6.07) is 16.4. The topological polar surface area (TPSA) is 17.8 Å². The number of benzene rings is 2. The molecule has 0 spiro atoms. The maximum atomic E-state index is 6.11. The number of rotatable bonds is 2. The van der Waals surface area contributed by atoms with E-state index in [0.717, 1.165) is 27.4 Å². The van der Waals surface area contributed by atoms with Crippen molar-refractivity contribution >= 4 is 22.6 Å². The van der Waals surface area contributed by atoms with Crippen molar-refractivity contribution in [2.24, 2.45) is 0 Å². The van der Waals surface area contributed by atoms with Gasteiger partial charge in [-0.3, -0.25) is 0 Å². The zero-order valence-corrected chi connectivity index (χ0v) is 11.7. The van der Waals surface area contributed by atoms with Gasteiger partial charge in [-0.15, -0.1) is 0 Å². The predicted octanol–water partition coefficient (Wildman–Crippen LogP) is 4.94. The monoisotopic (exact) mass is 270 g/mol. The van der Waals surface area contributed by atoms with Crippen LogP contribution in [0.25, 0.3) is 22.4 Å². The molecule has 3 aromatic rings. The molecule has 0 bridgehead atoms. The van der Waals surface area contributed by atoms with E-state index >= 15 is 0 Å². The number of halogens is 1. The van der Waals surface area contributed by atoms with Gasteiger partial charge in [-0.05, 0) is 32.0 Å². The van der Waals surface area contributed by atoms with Gasteiger partial charge in [0.15, 0.2) is 0 Å². The van der Waals surface area contributed by atoms with Crippen LogP contribution >= 0.6 is 11.6 Å². The third-order valence-electron chi connectivity index (χ3n) is 3.20. The number of imidazole rings is 1. The summed E-state index contributed by atoms with van der Waals surface area (Å²) in [5, 5.41) is 0.744. The molecule has 0 N–H and O–H groups in total. The van der Waals surface area contributed by atoms with Crippen molar-refractivity contribution in [2.75, 3.05) is 0 Å². The highest BCUT2D eigenvalue weighted by Gasteiger charge is 2.14. The Morgan fingerprint density at radius 1 is 1.05 bits per heavy atom. The molecule has 0 fully saturated rings. The highest BCUT2D eigenvalue weighted by molar-refractivity contribution is 6.31. The Hall–Kier alpha value is -1.80. The predicted molar refractivity (Wildman–Crippen MR) is 80.6 cm³/mol. The molecule has 0 aliphatic carbocycles. The lowest BCUT2D eigenvalue weighted by atomic mass is 10.2. The van der Waals surface area contributed by atoms with Crippen LogP contribution in [0.15, 0.2) is 48.5 Å². The van der Waals surface area contributed by atoms with E-state index in [1.165, 1.54) is 0 Å². The van der Waals surface area contributed by atoms with Crippen molar-refractivity contribution in [3.63, 3.8) is 0 Å². The Bertz CT molecular complexity index is 714. The Balaban J connectivity index is 2.33. The maximum Gasteiger partial charge on any atom is 0.141 e. The van der Waals surface area contributed by atoms with Crippen LogP contribution in [0.5, 0.6) is 0 Å². The lowest BCUT2D eigenvalue weighted by Crippen LogP contribution is -2.02. The summed E-state index contributed by atoms with van der Waals surface area (Å²) in [5.41, 5.74) is 3.20. The molecule has 0 aliphatic heterocycles. The molecule has 0 unspecified atom stereocenters. The third-order valence-corrected chi connectivity index (χ3v) is 3.44. The van der Waals surface area contributed by atoms with E-state index in [4.69, 9.17) is 16.6 Å². The maximum absolute atomic E-state index is 6.11. The molecular formula is C16H15ClN2. The first kappa shape index (κ1) is 12.2. The number of hydrogen-bond donors (Lipinski definition) is 0. The lowest BCUT2D eigenvalue weighted by Gasteiger charge is -2.13. The minimum atomic E-state index is 0.332. The lowest BCUT2D eigenvalue weighted by molar-refractivity contribution is 0.624. The van der Waals surface area contributed by atoms with Gasteiger partial charge in [0.05, 0.1) is 11.0 Å². The zero-order chi connectivity index (χ0) is 13.4. The Labute approximate surface area is 117 Å². The molecule has 0 saturated heterocycles. The normalized spacial score (nSPS) is 11.4. The van der Waals surface area contributed by atoms with Crippen molar-refractivity contribution < 1.29 is 0 Å². The SMILES string of the molecule is CC(C)n1c(-c2ccccc2)nc2ccc(Cl)cc21. The quantitative estimate of drug-likeness (QED) is 0.645. The number of aromatic nitrogens is 2. The van der Waals surface area contributed by atoms with Crippen LogP contribution in [0.4, 0.5) is 0 Å². The Kier molecular flexibility index (Phi) is 3.03. The summed E-state index contributed by atoms with van der Waals surface area (Å²) in [7, 11) is 0. The van der Waals surface area contributed by atoms with Crippen LogP contribution in [0.3, 0.4) is 0 Å². The van der Waals surface area contributed by atoms with E-state index in [-0.39, 0.29) is 0 Å². The van der Waals surface area contributed by atoms with Crippen molar-refractivity contribution in [3.05, 3.63) is 53.6 Å². The molecule has 2 nitrogen and oxygen atoms in total. The highest BCUT2D eigenvalue weighted by atomic mass is 35.5. The largest absolute Gasteiger partial charge is 0.321 e. The second kappa shape index (κ2) is 4.71. The molecule has 1 heterocycles. The van der Waals surface area contributed by atoms with Crippen LogP contribution < -0.4 is 0 Å². The van der Waals surface area contributed by atoms with E-state index in [1.807, 2.05) is 36.4 Å². The van der Waals surface area contributed by atoms with Gasteiger partial charge < -0.3 is 4.57 Å². The third kappa shape index (κ3) is 2.13. The van der Waals surface area contributed by atoms with E-state index in [9.17, 15) is 0 Å². The molecule has 19 heavy (non-hydrogen) atoms. The first-order chi connectivity index (χ1) is 9.16. The molecule has 3 heteroatoms. The van der Waals surface area contributed by atoms with Gasteiger partial charge in [-0.1, -0.05) is 41.9 Å². The van der Waals surface area contributed by atoms with E-state index in [2.05, 4.69) is 30.5 Å². The van der Waals surface area contributed by atoms with Gasteiger partial charge in [0, 0.05) is 16.6 Å². The first-order valence-electron chi connectivity index (χ1n) is 6.40. The molecule has 0 aliphatic rings. The van der Waals surface area contributed by atoms with E-state index in [0.29, 0.717) is 6.04 Å². The molecule has 0 amide bonds. The van der Waals surface area contributed by atoms with Crippen molar-refractivity contribution in [3.8, 4) is 11.4 Å². The number of fused-ring (bicyclic) bond motifs is 1. The number of nitrogens with zero attached hydrogens (tertiary/aromatic N) is 2. The second-order valence-corrected chi connectivity index (χ2v) is 5.33. The van der Waals surface area contributed by atoms with Gasteiger partial charge >= 0.3 is 0 Å². The van der Waals surface area contributed by atoms with E-state index in [1.54, 1.807) is 0 Å². The first-order valence-corrected chi connectivity index (χ1v) is 6.77. The molecule has 0 atom stereocenters. The summed E-state index contributed by atoms with van der Waals surface area (Å²) in [4.78, 5) is 4.75. The van der Waals surface area contributed by atoms with Gasteiger partial charge in [0.25, 0.3) is 0 Å². The molecule has 96 valence electrons. The molecule has 2 aromatic carbocycles. The van der Waals surface area contributed by atoms with Crippen LogP contribution in [0, 0.1) is 0 Å². The molecule has 0 saturated carbocycles. The second-order valence-electron chi connectivity index (χ2n) is 4.90. The molecule has 1 aromatic heterocycles. The van der Waals surface area contributed by atoms with Crippen LogP contribution in [-0.2, 0) is 0 Å². The van der Waals surface area contributed by atoms with E-state index < -0.39 is 0 Å². The average Bonchev–Trinajstić information content (AvgIpc) is 2.78. The standard InChI is InChI=1S/C16H15ClN2/c1-11(2)19-15-10-13(17)8-9-14(15)18-16(19)12-6-4-3-5-7-12/h3-11H,1-2H3. The van der Waals surface area contributed by atoms with Crippen LogP contribution in [0.2, 0.25) is 5.02 Å². The Morgan fingerprint density at radius 3 is 2.47 bits per heavy atom. The minimum Gasteiger partial charge on any atom is -0.321 e. The van der Waals surface area contributed by atoms with Gasteiger partial charge in [0.1, 0.15) is 5.82 Å². The van der Waals surface area contributed by atoms with Gasteiger partial charge in [-0.2, -0.15) is 0 Å². The van der Waals surface area contributed by atoms with Gasteiger partial charge in [0.2, 0.25) is 0 Å². The fourth-order valence-electron chi connectivity index (χ4n) is 2.38. The number of hydrogen-bond acceptors (Lipinski definition) is 1. The molecule has 3 rings (SSSR count). The smallest absolute Gasteiger partial charge is 0.141 e.